The Hall–Kier alpha value is -1.85. The third-order valence-corrected chi connectivity index (χ3v) is 6.90. The van der Waals surface area contributed by atoms with E-state index in [-0.39, 0.29) is 12.3 Å². The van der Waals surface area contributed by atoms with Crippen LogP contribution in [-0.2, 0) is 26.4 Å². The molecule has 0 aromatic heterocycles. The highest BCUT2D eigenvalue weighted by molar-refractivity contribution is 7.53. The van der Waals surface area contributed by atoms with Crippen molar-refractivity contribution in [3.05, 3.63) is 59.7 Å². The average molecular weight is 433 g/mol. The monoisotopic (exact) mass is 433 g/mol. The molecule has 1 N–H and O–H groups in total. The zero-order chi connectivity index (χ0) is 21.2. The van der Waals surface area contributed by atoms with Gasteiger partial charge in [0, 0.05) is 0 Å². The first kappa shape index (κ1) is 22.8. The summed E-state index contributed by atoms with van der Waals surface area (Å²) in [7, 11) is -3.13. The third kappa shape index (κ3) is 6.85. The lowest BCUT2D eigenvalue weighted by Gasteiger charge is -2.24. The summed E-state index contributed by atoms with van der Waals surface area (Å²) in [5, 5.41) is 3.35. The zero-order valence-electron chi connectivity index (χ0n) is 17.8. The Morgan fingerprint density at radius 2 is 1.60 bits per heavy atom. The van der Waals surface area contributed by atoms with Crippen molar-refractivity contribution >= 4 is 7.60 Å². The van der Waals surface area contributed by atoms with Crippen LogP contribution in [0.4, 0.5) is 0 Å². The van der Waals surface area contributed by atoms with Crippen molar-refractivity contribution in [2.24, 2.45) is 0 Å². The minimum atomic E-state index is -3.13. The summed E-state index contributed by atoms with van der Waals surface area (Å²) in [4.78, 5) is 0. The van der Waals surface area contributed by atoms with Gasteiger partial charge in [-0.2, -0.15) is 0 Å². The topological polar surface area (TPSA) is 66.0 Å². The average Bonchev–Trinajstić information content (AvgIpc) is 2.74. The largest absolute Gasteiger partial charge is 0.486 e. The molecule has 1 heterocycles. The summed E-state index contributed by atoms with van der Waals surface area (Å²) in [6, 6.07) is 15.6. The van der Waals surface area contributed by atoms with Crippen LogP contribution >= 0.6 is 7.60 Å². The molecular formula is C23H32NO5P. The number of nitrogens with one attached hydrogen (secondary N) is 1. The quantitative estimate of drug-likeness (QED) is 0.494. The van der Waals surface area contributed by atoms with Gasteiger partial charge in [0.05, 0.1) is 19.4 Å². The highest BCUT2D eigenvalue weighted by Gasteiger charge is 2.24. The third-order valence-electron chi connectivity index (χ3n) is 4.84. The van der Waals surface area contributed by atoms with E-state index in [1.54, 1.807) is 0 Å². The fourth-order valence-electron chi connectivity index (χ4n) is 3.48. The number of ether oxygens (including phenoxy) is 2. The molecule has 0 unspecified atom stereocenters. The van der Waals surface area contributed by atoms with E-state index in [9.17, 15) is 4.57 Å². The summed E-state index contributed by atoms with van der Waals surface area (Å²) >= 11 is 0. The van der Waals surface area contributed by atoms with E-state index in [0.29, 0.717) is 19.8 Å². The predicted molar refractivity (Wildman–Crippen MR) is 118 cm³/mol. The van der Waals surface area contributed by atoms with Crippen LogP contribution < -0.4 is 14.8 Å². The Morgan fingerprint density at radius 1 is 0.933 bits per heavy atom. The van der Waals surface area contributed by atoms with Gasteiger partial charge in [-0.05, 0) is 63.0 Å². The van der Waals surface area contributed by atoms with Gasteiger partial charge >= 0.3 is 7.60 Å². The van der Waals surface area contributed by atoms with Gasteiger partial charge in [-0.15, -0.1) is 0 Å². The van der Waals surface area contributed by atoms with Crippen LogP contribution in [-0.4, -0.2) is 32.4 Å². The van der Waals surface area contributed by atoms with Gasteiger partial charge in [0.2, 0.25) is 0 Å². The van der Waals surface area contributed by atoms with Crippen LogP contribution in [0.1, 0.15) is 37.8 Å². The number of benzene rings is 2. The second-order valence-corrected chi connectivity index (χ2v) is 9.28. The van der Waals surface area contributed by atoms with Gasteiger partial charge in [0.1, 0.15) is 12.7 Å². The molecule has 30 heavy (non-hydrogen) atoms. The minimum Gasteiger partial charge on any atom is -0.486 e. The second kappa shape index (κ2) is 11.5. The Balaban J connectivity index is 1.64. The maximum atomic E-state index is 12.8. The molecular weight excluding hydrogens is 401 g/mol. The van der Waals surface area contributed by atoms with E-state index < -0.39 is 7.60 Å². The van der Waals surface area contributed by atoms with Crippen LogP contribution in [0.5, 0.6) is 11.5 Å². The molecule has 1 aliphatic rings. The molecule has 0 saturated carbocycles. The lowest BCUT2D eigenvalue weighted by atomic mass is 10.1. The molecule has 0 spiro atoms. The highest BCUT2D eigenvalue weighted by Crippen LogP contribution is 2.51. The highest BCUT2D eigenvalue weighted by atomic mass is 31.2. The molecule has 2 aromatic carbocycles. The fourth-order valence-corrected chi connectivity index (χ4v) is 5.17. The summed E-state index contributed by atoms with van der Waals surface area (Å²) in [6.45, 7) is 6.70. The van der Waals surface area contributed by atoms with Crippen molar-refractivity contribution in [1.29, 1.82) is 0 Å². The minimum absolute atomic E-state index is 0.214. The van der Waals surface area contributed by atoms with E-state index in [1.165, 1.54) is 0 Å². The Labute approximate surface area is 179 Å². The number of hydrogen-bond donors (Lipinski definition) is 1. The zero-order valence-corrected chi connectivity index (χ0v) is 18.7. The van der Waals surface area contributed by atoms with Crippen LogP contribution in [0.15, 0.2) is 48.5 Å². The van der Waals surface area contributed by atoms with Crippen LogP contribution in [0.25, 0.3) is 0 Å². The van der Waals surface area contributed by atoms with Gasteiger partial charge < -0.3 is 23.8 Å². The van der Waals surface area contributed by atoms with Crippen molar-refractivity contribution in [3.8, 4) is 11.5 Å². The van der Waals surface area contributed by atoms with Gasteiger partial charge in [-0.3, -0.25) is 4.57 Å². The number of piperidine rings is 1. The molecule has 0 amide bonds. The maximum Gasteiger partial charge on any atom is 0.335 e. The summed E-state index contributed by atoms with van der Waals surface area (Å²) < 4.78 is 35.9. The van der Waals surface area contributed by atoms with Crippen molar-refractivity contribution < 1.29 is 23.1 Å². The second-order valence-electron chi connectivity index (χ2n) is 7.23. The normalized spacial score (nSPS) is 15.1. The predicted octanol–water partition coefficient (Wildman–Crippen LogP) is 5.16. The van der Waals surface area contributed by atoms with Crippen LogP contribution in [0, 0.1) is 0 Å². The molecule has 2 aromatic rings. The standard InChI is InChI=1S/C23H32NO5P/c1-3-27-30(25,28-4-2)18-20-9-7-8-19(16-20)17-26-22-10-5-6-11-23(22)29-21-12-14-24-15-13-21/h5-11,16,21,24H,3-4,12-15,17-18H2,1-2H3. The first-order chi connectivity index (χ1) is 14.6. The van der Waals surface area contributed by atoms with Gasteiger partial charge in [-0.25, -0.2) is 0 Å². The summed E-state index contributed by atoms with van der Waals surface area (Å²) in [6.07, 6.45) is 2.45. The van der Waals surface area contributed by atoms with Gasteiger partial charge in [0.25, 0.3) is 0 Å². The van der Waals surface area contributed by atoms with Crippen LogP contribution in [0.3, 0.4) is 0 Å². The molecule has 3 rings (SSSR count). The molecule has 0 atom stereocenters. The van der Waals surface area contributed by atoms with Gasteiger partial charge in [0.15, 0.2) is 11.5 Å². The lowest BCUT2D eigenvalue weighted by Crippen LogP contribution is -2.34. The molecule has 1 saturated heterocycles. The molecule has 164 valence electrons. The van der Waals surface area contributed by atoms with E-state index in [0.717, 1.165) is 48.6 Å². The molecule has 6 nitrogen and oxygen atoms in total. The fraction of sp³-hybridized carbons (Fsp3) is 0.478. The molecule has 0 bridgehead atoms. The smallest absolute Gasteiger partial charge is 0.335 e. The number of rotatable bonds is 11. The summed E-state index contributed by atoms with van der Waals surface area (Å²) in [5.74, 6) is 1.51. The number of hydrogen-bond acceptors (Lipinski definition) is 6. The Morgan fingerprint density at radius 3 is 2.30 bits per heavy atom. The van der Waals surface area contributed by atoms with E-state index in [2.05, 4.69) is 5.32 Å². The Bertz CT molecular complexity index is 828. The molecule has 1 aliphatic heterocycles. The van der Waals surface area contributed by atoms with E-state index in [4.69, 9.17) is 18.5 Å². The van der Waals surface area contributed by atoms with Crippen molar-refractivity contribution in [3.63, 3.8) is 0 Å². The van der Waals surface area contributed by atoms with E-state index >= 15 is 0 Å². The van der Waals surface area contributed by atoms with E-state index in [1.807, 2.05) is 62.4 Å². The maximum absolute atomic E-state index is 12.8. The van der Waals surface area contributed by atoms with Crippen molar-refractivity contribution in [2.45, 2.75) is 45.6 Å². The first-order valence-electron chi connectivity index (χ1n) is 10.7. The first-order valence-corrected chi connectivity index (χ1v) is 12.4. The molecule has 1 fully saturated rings. The van der Waals surface area contributed by atoms with Gasteiger partial charge in [-0.1, -0.05) is 36.4 Å². The molecule has 7 heteroatoms. The molecule has 0 aliphatic carbocycles. The lowest BCUT2D eigenvalue weighted by molar-refractivity contribution is 0.153. The summed E-state index contributed by atoms with van der Waals surface area (Å²) in [5.41, 5.74) is 1.89. The van der Waals surface area contributed by atoms with Crippen molar-refractivity contribution in [2.75, 3.05) is 26.3 Å². The molecule has 0 radical (unpaired) electrons. The van der Waals surface area contributed by atoms with Crippen LogP contribution in [0.2, 0.25) is 0 Å². The number of para-hydroxylation sites is 2. The van der Waals surface area contributed by atoms with Crippen molar-refractivity contribution in [1.82, 2.24) is 5.32 Å². The SMILES string of the molecule is CCOP(=O)(Cc1cccc(COc2ccccc2OC2CCNCC2)c1)OCC. The Kier molecular flexibility index (Phi) is 8.76.